The number of aromatic nitrogens is 3. The fourth-order valence-corrected chi connectivity index (χ4v) is 3.50. The van der Waals surface area contributed by atoms with Crippen molar-refractivity contribution in [2.75, 3.05) is 5.32 Å². The van der Waals surface area contributed by atoms with Crippen LogP contribution in [0.2, 0.25) is 0 Å². The van der Waals surface area contributed by atoms with Crippen molar-refractivity contribution in [3.8, 4) is 11.1 Å². The van der Waals surface area contributed by atoms with Gasteiger partial charge < -0.3 is 0 Å². The molecule has 5 nitrogen and oxygen atoms in total. The van der Waals surface area contributed by atoms with E-state index in [4.69, 9.17) is 0 Å². The highest BCUT2D eigenvalue weighted by Crippen LogP contribution is 2.33. The molecular weight excluding hydrogens is 401 g/mol. The minimum atomic E-state index is -4.46. The Bertz CT molecular complexity index is 1220. The molecular formula is C20H13F3N4OS. The molecule has 0 unspecified atom stereocenters. The van der Waals surface area contributed by atoms with Crippen LogP contribution in [0.1, 0.15) is 21.7 Å². The van der Waals surface area contributed by atoms with E-state index >= 15 is 0 Å². The van der Waals surface area contributed by atoms with Gasteiger partial charge in [-0.3, -0.25) is 15.1 Å². The average molecular weight is 414 g/mol. The van der Waals surface area contributed by atoms with E-state index in [1.165, 1.54) is 29.7 Å². The number of amides is 1. The summed E-state index contributed by atoms with van der Waals surface area (Å²) in [6, 6.07) is 8.13. The summed E-state index contributed by atoms with van der Waals surface area (Å²) in [6.07, 6.45) is -1.47. The van der Waals surface area contributed by atoms with Crippen LogP contribution in [0.3, 0.4) is 0 Å². The molecule has 3 aromatic heterocycles. The second-order valence-corrected chi connectivity index (χ2v) is 7.14. The van der Waals surface area contributed by atoms with Gasteiger partial charge in [-0.15, -0.1) is 11.3 Å². The number of alkyl halides is 3. The van der Waals surface area contributed by atoms with Crippen molar-refractivity contribution >= 4 is 33.3 Å². The molecule has 0 radical (unpaired) electrons. The van der Waals surface area contributed by atoms with Crippen LogP contribution in [-0.2, 0) is 6.18 Å². The van der Waals surface area contributed by atoms with E-state index in [1.807, 2.05) is 6.92 Å². The van der Waals surface area contributed by atoms with E-state index in [1.54, 1.807) is 23.7 Å². The molecule has 29 heavy (non-hydrogen) atoms. The first kappa shape index (κ1) is 19.0. The Kier molecular flexibility index (Phi) is 4.75. The van der Waals surface area contributed by atoms with E-state index < -0.39 is 17.6 Å². The number of pyridine rings is 2. The van der Waals surface area contributed by atoms with Gasteiger partial charge in [0.05, 0.1) is 16.8 Å². The maximum absolute atomic E-state index is 13.1. The summed E-state index contributed by atoms with van der Waals surface area (Å²) in [5.74, 6) is -0.451. The second-order valence-electron chi connectivity index (χ2n) is 6.28. The molecule has 1 amide bonds. The summed E-state index contributed by atoms with van der Waals surface area (Å²) in [5, 5.41) is 5.54. The third kappa shape index (κ3) is 3.95. The third-order valence-electron chi connectivity index (χ3n) is 4.17. The van der Waals surface area contributed by atoms with Crippen LogP contribution in [0.25, 0.3) is 22.0 Å². The zero-order valence-electron chi connectivity index (χ0n) is 15.0. The van der Waals surface area contributed by atoms with E-state index in [9.17, 15) is 18.0 Å². The van der Waals surface area contributed by atoms with E-state index in [0.29, 0.717) is 27.2 Å². The maximum atomic E-state index is 13.1. The highest BCUT2D eigenvalue weighted by molar-refractivity contribution is 7.13. The SMILES string of the molecule is Cc1csc(NC(=O)c2ccc3cncc(-c4cccc(C(F)(F)F)c4)c3n2)n1. The lowest BCUT2D eigenvalue weighted by atomic mass is 10.0. The van der Waals surface area contributed by atoms with Gasteiger partial charge in [0.1, 0.15) is 5.69 Å². The number of thiazole rings is 1. The molecule has 1 N–H and O–H groups in total. The lowest BCUT2D eigenvalue weighted by molar-refractivity contribution is -0.137. The second kappa shape index (κ2) is 7.25. The van der Waals surface area contributed by atoms with Gasteiger partial charge in [0, 0.05) is 28.7 Å². The molecule has 4 rings (SSSR count). The summed E-state index contributed by atoms with van der Waals surface area (Å²) in [4.78, 5) is 25.2. The molecule has 0 saturated carbocycles. The first-order chi connectivity index (χ1) is 13.8. The number of nitrogens with zero attached hydrogens (tertiary/aromatic N) is 3. The largest absolute Gasteiger partial charge is 0.416 e. The average Bonchev–Trinajstić information content (AvgIpc) is 3.11. The molecule has 0 aliphatic rings. The number of halogens is 3. The maximum Gasteiger partial charge on any atom is 0.416 e. The number of anilines is 1. The molecule has 0 aliphatic carbocycles. The summed E-state index contributed by atoms with van der Waals surface area (Å²) in [5.41, 5.74) is 1.27. The predicted molar refractivity (Wildman–Crippen MR) is 105 cm³/mol. The monoisotopic (exact) mass is 414 g/mol. The fraction of sp³-hybridized carbons (Fsp3) is 0.100. The zero-order valence-corrected chi connectivity index (χ0v) is 15.8. The highest BCUT2D eigenvalue weighted by Gasteiger charge is 2.30. The zero-order chi connectivity index (χ0) is 20.6. The van der Waals surface area contributed by atoms with E-state index in [2.05, 4.69) is 20.3 Å². The van der Waals surface area contributed by atoms with Crippen molar-refractivity contribution in [3.05, 3.63) is 71.1 Å². The molecule has 0 bridgehead atoms. The number of aryl methyl sites for hydroxylation is 1. The van der Waals surface area contributed by atoms with Gasteiger partial charge in [-0.05, 0) is 36.8 Å². The van der Waals surface area contributed by atoms with Crippen LogP contribution < -0.4 is 5.32 Å². The lowest BCUT2D eigenvalue weighted by Crippen LogP contribution is -2.13. The minimum Gasteiger partial charge on any atom is -0.296 e. The van der Waals surface area contributed by atoms with Crippen molar-refractivity contribution in [1.82, 2.24) is 15.0 Å². The number of benzene rings is 1. The summed E-state index contributed by atoms with van der Waals surface area (Å²) >= 11 is 1.29. The smallest absolute Gasteiger partial charge is 0.296 e. The minimum absolute atomic E-state index is 0.129. The van der Waals surface area contributed by atoms with Crippen molar-refractivity contribution < 1.29 is 18.0 Å². The summed E-state index contributed by atoms with van der Waals surface area (Å²) in [6.45, 7) is 1.81. The van der Waals surface area contributed by atoms with Gasteiger partial charge in [0.15, 0.2) is 5.13 Å². The van der Waals surface area contributed by atoms with Gasteiger partial charge in [0.2, 0.25) is 0 Å². The van der Waals surface area contributed by atoms with Crippen LogP contribution >= 0.6 is 11.3 Å². The predicted octanol–water partition coefficient (Wildman–Crippen LogP) is 5.33. The lowest BCUT2D eigenvalue weighted by Gasteiger charge is -2.11. The van der Waals surface area contributed by atoms with Crippen molar-refractivity contribution in [2.45, 2.75) is 13.1 Å². The number of fused-ring (bicyclic) bond motifs is 1. The van der Waals surface area contributed by atoms with Crippen LogP contribution in [0.4, 0.5) is 18.3 Å². The molecule has 1 aromatic carbocycles. The molecule has 0 atom stereocenters. The number of hydrogen-bond acceptors (Lipinski definition) is 5. The number of carbonyl (C=O) groups excluding carboxylic acids is 1. The molecule has 0 aliphatic heterocycles. The fourth-order valence-electron chi connectivity index (χ4n) is 2.82. The van der Waals surface area contributed by atoms with Crippen LogP contribution in [0.5, 0.6) is 0 Å². The first-order valence-corrected chi connectivity index (χ1v) is 9.35. The van der Waals surface area contributed by atoms with Crippen LogP contribution in [0, 0.1) is 6.92 Å². The summed E-state index contributed by atoms with van der Waals surface area (Å²) < 4.78 is 39.3. The molecule has 3 heterocycles. The van der Waals surface area contributed by atoms with Crippen molar-refractivity contribution in [1.29, 1.82) is 0 Å². The quantitative estimate of drug-likeness (QED) is 0.492. The number of hydrogen-bond donors (Lipinski definition) is 1. The topological polar surface area (TPSA) is 67.8 Å². The van der Waals surface area contributed by atoms with Crippen molar-refractivity contribution in [2.24, 2.45) is 0 Å². The van der Waals surface area contributed by atoms with Gasteiger partial charge in [-0.2, -0.15) is 13.2 Å². The van der Waals surface area contributed by atoms with E-state index in [-0.39, 0.29) is 5.69 Å². The Labute approximate surface area is 167 Å². The standard InChI is InChI=1S/C20H13F3N4OS/c1-11-10-29-19(25-11)27-18(28)16-6-5-13-8-24-9-15(17(13)26-16)12-3-2-4-14(7-12)20(21,22)23/h2-10H,1H3,(H,25,27,28). The normalized spacial score (nSPS) is 11.6. The third-order valence-corrected chi connectivity index (χ3v) is 5.05. The number of carbonyl (C=O) groups is 1. The molecule has 4 aromatic rings. The Hall–Kier alpha value is -3.33. The molecule has 146 valence electrons. The van der Waals surface area contributed by atoms with Gasteiger partial charge in [-0.25, -0.2) is 9.97 Å². The Morgan fingerprint density at radius 1 is 1.10 bits per heavy atom. The first-order valence-electron chi connectivity index (χ1n) is 8.47. The molecule has 9 heteroatoms. The molecule has 0 saturated heterocycles. The Morgan fingerprint density at radius 3 is 2.66 bits per heavy atom. The van der Waals surface area contributed by atoms with Crippen LogP contribution in [0.15, 0.2) is 54.2 Å². The van der Waals surface area contributed by atoms with Gasteiger partial charge in [0.25, 0.3) is 5.91 Å². The highest BCUT2D eigenvalue weighted by atomic mass is 32.1. The summed E-state index contributed by atoms with van der Waals surface area (Å²) in [7, 11) is 0. The Balaban J connectivity index is 1.76. The Morgan fingerprint density at radius 2 is 1.93 bits per heavy atom. The number of rotatable bonds is 3. The molecule has 0 fully saturated rings. The number of nitrogens with one attached hydrogen (secondary N) is 1. The molecule has 0 spiro atoms. The van der Waals surface area contributed by atoms with Gasteiger partial charge >= 0.3 is 6.18 Å². The van der Waals surface area contributed by atoms with E-state index in [0.717, 1.165) is 17.8 Å². The van der Waals surface area contributed by atoms with Crippen LogP contribution in [-0.4, -0.2) is 20.9 Å². The van der Waals surface area contributed by atoms with Crippen molar-refractivity contribution in [3.63, 3.8) is 0 Å². The van der Waals surface area contributed by atoms with Gasteiger partial charge in [-0.1, -0.05) is 12.1 Å².